The monoisotopic (exact) mass is 365 g/mol. The zero-order valence-corrected chi connectivity index (χ0v) is 15.7. The maximum Gasteiger partial charge on any atom is 0.237 e. The third-order valence-electron chi connectivity index (χ3n) is 5.10. The van der Waals surface area contributed by atoms with Gasteiger partial charge in [-0.15, -0.1) is 0 Å². The van der Waals surface area contributed by atoms with Crippen LogP contribution in [0.1, 0.15) is 25.3 Å². The van der Waals surface area contributed by atoms with E-state index in [0.29, 0.717) is 13.1 Å². The molecule has 0 aromatic heterocycles. The van der Waals surface area contributed by atoms with E-state index in [4.69, 9.17) is 0 Å². The Labute approximate surface area is 160 Å². The first-order valence-corrected chi connectivity index (χ1v) is 9.55. The molecule has 0 spiro atoms. The molecule has 1 aliphatic rings. The quantitative estimate of drug-likeness (QED) is 0.827. The summed E-state index contributed by atoms with van der Waals surface area (Å²) in [7, 11) is 0. The van der Waals surface area contributed by atoms with Crippen LogP contribution in [0, 0.1) is 5.92 Å². The van der Waals surface area contributed by atoms with E-state index in [1.165, 1.54) is 0 Å². The first-order chi connectivity index (χ1) is 13.1. The van der Waals surface area contributed by atoms with E-state index < -0.39 is 0 Å². The molecule has 1 saturated heterocycles. The lowest BCUT2D eigenvalue weighted by molar-refractivity contribution is -0.129. The van der Waals surface area contributed by atoms with Crippen LogP contribution in [0.2, 0.25) is 0 Å². The number of hydrogen-bond acceptors (Lipinski definition) is 3. The van der Waals surface area contributed by atoms with Gasteiger partial charge >= 0.3 is 0 Å². The van der Waals surface area contributed by atoms with E-state index in [-0.39, 0.29) is 23.8 Å². The number of likely N-dealkylation sites (tertiary alicyclic amines) is 1. The van der Waals surface area contributed by atoms with E-state index in [1.807, 2.05) is 67.6 Å². The lowest BCUT2D eigenvalue weighted by Crippen LogP contribution is -2.50. The van der Waals surface area contributed by atoms with Gasteiger partial charge < -0.3 is 10.6 Å². The third-order valence-corrected chi connectivity index (χ3v) is 5.10. The molecule has 1 fully saturated rings. The number of anilines is 1. The summed E-state index contributed by atoms with van der Waals surface area (Å²) < 4.78 is 0. The van der Waals surface area contributed by atoms with Crippen LogP contribution >= 0.6 is 0 Å². The zero-order chi connectivity index (χ0) is 19.1. The van der Waals surface area contributed by atoms with Crippen LogP contribution < -0.4 is 10.6 Å². The molecule has 2 aromatic carbocycles. The van der Waals surface area contributed by atoms with Gasteiger partial charge in [0.05, 0.1) is 12.0 Å². The zero-order valence-electron chi connectivity index (χ0n) is 15.7. The van der Waals surface area contributed by atoms with Gasteiger partial charge in [-0.3, -0.25) is 14.5 Å². The fourth-order valence-corrected chi connectivity index (χ4v) is 3.44. The third kappa shape index (κ3) is 5.41. The SMILES string of the molecule is C[C@@H](C(=O)NCc1ccccc1)N1CCC[C@H](C(=O)Nc2ccccc2)C1. The number of amides is 2. The number of carbonyl (C=O) groups is 2. The number of nitrogens with one attached hydrogen (secondary N) is 2. The number of benzene rings is 2. The van der Waals surface area contributed by atoms with Gasteiger partial charge in [0.25, 0.3) is 0 Å². The molecule has 2 N–H and O–H groups in total. The van der Waals surface area contributed by atoms with Crippen LogP contribution in [0.4, 0.5) is 5.69 Å². The van der Waals surface area contributed by atoms with Gasteiger partial charge in [-0.1, -0.05) is 48.5 Å². The molecule has 0 aliphatic carbocycles. The maximum atomic E-state index is 12.6. The molecule has 142 valence electrons. The summed E-state index contributed by atoms with van der Waals surface area (Å²) in [4.78, 5) is 27.2. The van der Waals surface area contributed by atoms with Gasteiger partial charge in [-0.2, -0.15) is 0 Å². The first kappa shape index (κ1) is 19.1. The second-order valence-corrected chi connectivity index (χ2v) is 7.07. The van der Waals surface area contributed by atoms with Crippen molar-refractivity contribution < 1.29 is 9.59 Å². The Hall–Kier alpha value is -2.66. The van der Waals surface area contributed by atoms with Gasteiger partial charge in [0, 0.05) is 18.8 Å². The molecular formula is C22H27N3O2. The van der Waals surface area contributed by atoms with Crippen molar-refractivity contribution in [1.29, 1.82) is 0 Å². The van der Waals surface area contributed by atoms with Crippen molar-refractivity contribution in [3.05, 3.63) is 66.2 Å². The Morgan fingerprint density at radius 2 is 1.74 bits per heavy atom. The van der Waals surface area contributed by atoms with Crippen molar-refractivity contribution in [3.63, 3.8) is 0 Å². The second kappa shape index (κ2) is 9.33. The van der Waals surface area contributed by atoms with Crippen LogP contribution in [-0.4, -0.2) is 35.8 Å². The summed E-state index contributed by atoms with van der Waals surface area (Å²) >= 11 is 0. The van der Waals surface area contributed by atoms with Gasteiger partial charge in [-0.05, 0) is 44.0 Å². The molecular weight excluding hydrogens is 338 g/mol. The summed E-state index contributed by atoms with van der Waals surface area (Å²) in [5, 5.41) is 5.98. The van der Waals surface area contributed by atoms with E-state index in [1.54, 1.807) is 0 Å². The van der Waals surface area contributed by atoms with Crippen molar-refractivity contribution in [3.8, 4) is 0 Å². The minimum absolute atomic E-state index is 0.00275. The Balaban J connectivity index is 1.51. The predicted molar refractivity (Wildman–Crippen MR) is 107 cm³/mol. The standard InChI is InChI=1S/C22H27N3O2/c1-17(21(26)23-15-18-9-4-2-5-10-18)25-14-8-11-19(16-25)22(27)24-20-12-6-3-7-13-20/h2-7,9-10,12-13,17,19H,8,11,14-16H2,1H3,(H,23,26)(H,24,27)/t17-,19-/m0/s1. The number of piperidine rings is 1. The molecule has 0 unspecified atom stereocenters. The Bertz CT molecular complexity index is 749. The highest BCUT2D eigenvalue weighted by Gasteiger charge is 2.30. The molecule has 1 aliphatic heterocycles. The summed E-state index contributed by atoms with van der Waals surface area (Å²) in [5.74, 6) is -0.0610. The van der Waals surface area contributed by atoms with E-state index >= 15 is 0 Å². The smallest absolute Gasteiger partial charge is 0.237 e. The highest BCUT2D eigenvalue weighted by Crippen LogP contribution is 2.20. The molecule has 3 rings (SSSR count). The molecule has 1 heterocycles. The lowest BCUT2D eigenvalue weighted by Gasteiger charge is -2.35. The van der Waals surface area contributed by atoms with Crippen molar-refractivity contribution in [2.24, 2.45) is 5.92 Å². The van der Waals surface area contributed by atoms with Crippen molar-refractivity contribution in [1.82, 2.24) is 10.2 Å². The molecule has 27 heavy (non-hydrogen) atoms. The van der Waals surface area contributed by atoms with Gasteiger partial charge in [0.15, 0.2) is 0 Å². The van der Waals surface area contributed by atoms with Gasteiger partial charge in [0.1, 0.15) is 0 Å². The van der Waals surface area contributed by atoms with Gasteiger partial charge in [-0.25, -0.2) is 0 Å². The highest BCUT2D eigenvalue weighted by molar-refractivity contribution is 5.92. The molecule has 2 amide bonds. The number of para-hydroxylation sites is 1. The van der Waals surface area contributed by atoms with Crippen LogP contribution in [0.3, 0.4) is 0 Å². The van der Waals surface area contributed by atoms with E-state index in [0.717, 1.165) is 30.6 Å². The summed E-state index contributed by atoms with van der Waals surface area (Å²) in [6.45, 7) is 3.89. The maximum absolute atomic E-state index is 12.6. The fourth-order valence-electron chi connectivity index (χ4n) is 3.44. The average Bonchev–Trinajstić information content (AvgIpc) is 2.73. The Morgan fingerprint density at radius 3 is 2.44 bits per heavy atom. The first-order valence-electron chi connectivity index (χ1n) is 9.55. The number of nitrogens with zero attached hydrogens (tertiary/aromatic N) is 1. The Kier molecular flexibility index (Phi) is 6.60. The molecule has 5 nitrogen and oxygen atoms in total. The van der Waals surface area contributed by atoms with Crippen molar-refractivity contribution >= 4 is 17.5 Å². The summed E-state index contributed by atoms with van der Waals surface area (Å²) in [6, 6.07) is 19.1. The van der Waals surface area contributed by atoms with Crippen molar-refractivity contribution in [2.45, 2.75) is 32.4 Å². The molecule has 2 atom stereocenters. The lowest BCUT2D eigenvalue weighted by atomic mass is 9.95. The predicted octanol–water partition coefficient (Wildman–Crippen LogP) is 3.04. The largest absolute Gasteiger partial charge is 0.351 e. The Morgan fingerprint density at radius 1 is 1.07 bits per heavy atom. The molecule has 2 aromatic rings. The molecule has 5 heteroatoms. The highest BCUT2D eigenvalue weighted by atomic mass is 16.2. The topological polar surface area (TPSA) is 61.4 Å². The minimum atomic E-state index is -0.249. The van der Waals surface area contributed by atoms with Crippen LogP contribution in [0.5, 0.6) is 0 Å². The van der Waals surface area contributed by atoms with Crippen molar-refractivity contribution in [2.75, 3.05) is 18.4 Å². The molecule has 0 bridgehead atoms. The van der Waals surface area contributed by atoms with E-state index in [2.05, 4.69) is 15.5 Å². The van der Waals surface area contributed by atoms with Crippen LogP contribution in [0.25, 0.3) is 0 Å². The summed E-state index contributed by atoms with van der Waals surface area (Å²) in [5.41, 5.74) is 1.89. The average molecular weight is 365 g/mol. The van der Waals surface area contributed by atoms with E-state index in [9.17, 15) is 9.59 Å². The number of carbonyl (C=O) groups excluding carboxylic acids is 2. The number of rotatable bonds is 6. The molecule has 0 saturated carbocycles. The van der Waals surface area contributed by atoms with Gasteiger partial charge in [0.2, 0.25) is 11.8 Å². The summed E-state index contributed by atoms with van der Waals surface area (Å²) in [6.07, 6.45) is 1.77. The second-order valence-electron chi connectivity index (χ2n) is 7.07. The minimum Gasteiger partial charge on any atom is -0.351 e. The molecule has 0 radical (unpaired) electrons. The number of hydrogen-bond donors (Lipinski definition) is 2. The van der Waals surface area contributed by atoms with Crippen LogP contribution in [0.15, 0.2) is 60.7 Å². The normalized spacial score (nSPS) is 18.5. The van der Waals surface area contributed by atoms with Crippen LogP contribution in [-0.2, 0) is 16.1 Å². The fraction of sp³-hybridized carbons (Fsp3) is 0.364.